The fraction of sp³-hybridized carbons (Fsp3) is 0.500. The van der Waals surface area contributed by atoms with Gasteiger partial charge in [-0.15, -0.1) is 0 Å². The first-order chi connectivity index (χ1) is 8.16. The van der Waals surface area contributed by atoms with E-state index in [0.717, 1.165) is 36.0 Å². The van der Waals surface area contributed by atoms with Crippen LogP contribution in [0.5, 0.6) is 0 Å². The van der Waals surface area contributed by atoms with E-state index >= 15 is 0 Å². The van der Waals surface area contributed by atoms with Gasteiger partial charge in [0.05, 0.1) is 6.42 Å². The zero-order valence-corrected chi connectivity index (χ0v) is 11.8. The summed E-state index contributed by atoms with van der Waals surface area (Å²) in [5.41, 5.74) is 2.33. The minimum absolute atomic E-state index is 0.273. The standard InChI is InChI=1S/C14H18BrNO/c1-11-9-13(15)6-5-12(11)10-14(17)16-7-3-2-4-8-16/h5-6,9H,2-4,7-8,10H2,1H3. The molecule has 0 N–H and O–H groups in total. The lowest BCUT2D eigenvalue weighted by atomic mass is 10.0. The summed E-state index contributed by atoms with van der Waals surface area (Å²) in [6.45, 7) is 3.94. The smallest absolute Gasteiger partial charge is 0.226 e. The molecule has 0 aromatic heterocycles. The highest BCUT2D eigenvalue weighted by atomic mass is 79.9. The molecule has 0 saturated carbocycles. The van der Waals surface area contributed by atoms with E-state index in [9.17, 15) is 4.79 Å². The molecule has 3 heteroatoms. The van der Waals surface area contributed by atoms with Crippen LogP contribution >= 0.6 is 15.9 Å². The van der Waals surface area contributed by atoms with Gasteiger partial charge < -0.3 is 4.90 Å². The Hall–Kier alpha value is -0.830. The SMILES string of the molecule is Cc1cc(Br)ccc1CC(=O)N1CCCCC1. The Morgan fingerprint density at radius 3 is 2.65 bits per heavy atom. The summed E-state index contributed by atoms with van der Waals surface area (Å²) in [5, 5.41) is 0. The molecule has 2 rings (SSSR count). The van der Waals surface area contributed by atoms with Crippen LogP contribution in [0.3, 0.4) is 0 Å². The third-order valence-corrected chi connectivity index (χ3v) is 3.85. The highest BCUT2D eigenvalue weighted by molar-refractivity contribution is 9.10. The monoisotopic (exact) mass is 295 g/mol. The van der Waals surface area contributed by atoms with E-state index < -0.39 is 0 Å². The third kappa shape index (κ3) is 3.32. The first kappa shape index (κ1) is 12.6. The van der Waals surface area contributed by atoms with Crippen LogP contribution in [-0.4, -0.2) is 23.9 Å². The fourth-order valence-corrected chi connectivity index (χ4v) is 2.75. The van der Waals surface area contributed by atoms with Crippen molar-refractivity contribution in [2.45, 2.75) is 32.6 Å². The summed E-state index contributed by atoms with van der Waals surface area (Å²) >= 11 is 3.44. The molecule has 1 aromatic carbocycles. The van der Waals surface area contributed by atoms with Crippen molar-refractivity contribution in [2.24, 2.45) is 0 Å². The van der Waals surface area contributed by atoms with Gasteiger partial charge in [-0.25, -0.2) is 0 Å². The molecular formula is C14H18BrNO. The summed E-state index contributed by atoms with van der Waals surface area (Å²) < 4.78 is 1.07. The van der Waals surface area contributed by atoms with Crippen LogP contribution in [-0.2, 0) is 11.2 Å². The maximum atomic E-state index is 12.1. The normalized spacial score (nSPS) is 16.0. The molecule has 0 unspecified atom stereocenters. The molecule has 17 heavy (non-hydrogen) atoms. The summed E-state index contributed by atoms with van der Waals surface area (Å²) in [7, 11) is 0. The number of rotatable bonds is 2. The quantitative estimate of drug-likeness (QED) is 0.820. The second-order valence-electron chi connectivity index (χ2n) is 4.69. The van der Waals surface area contributed by atoms with Gasteiger partial charge >= 0.3 is 0 Å². The van der Waals surface area contributed by atoms with Crippen LogP contribution in [0.4, 0.5) is 0 Å². The Bertz CT molecular complexity index is 411. The van der Waals surface area contributed by atoms with Crippen molar-refractivity contribution < 1.29 is 4.79 Å². The van der Waals surface area contributed by atoms with Crippen molar-refractivity contribution >= 4 is 21.8 Å². The molecule has 0 spiro atoms. The van der Waals surface area contributed by atoms with Crippen LogP contribution in [0.15, 0.2) is 22.7 Å². The lowest BCUT2D eigenvalue weighted by Crippen LogP contribution is -2.36. The van der Waals surface area contributed by atoms with E-state index in [2.05, 4.69) is 28.9 Å². The van der Waals surface area contributed by atoms with Gasteiger partial charge in [-0.05, 0) is 49.4 Å². The largest absolute Gasteiger partial charge is 0.342 e. The Kier molecular flexibility index (Phi) is 4.21. The Labute approximate surface area is 111 Å². The lowest BCUT2D eigenvalue weighted by Gasteiger charge is -2.27. The number of hydrogen-bond acceptors (Lipinski definition) is 1. The first-order valence-electron chi connectivity index (χ1n) is 6.19. The topological polar surface area (TPSA) is 20.3 Å². The molecule has 1 amide bonds. The van der Waals surface area contributed by atoms with Crippen molar-refractivity contribution in [3.05, 3.63) is 33.8 Å². The average molecular weight is 296 g/mol. The molecule has 1 aromatic rings. The van der Waals surface area contributed by atoms with Gasteiger partial charge in [0, 0.05) is 17.6 Å². The summed E-state index contributed by atoms with van der Waals surface area (Å²) in [4.78, 5) is 14.1. The second kappa shape index (κ2) is 5.67. The van der Waals surface area contributed by atoms with Crippen molar-refractivity contribution in [3.8, 4) is 0 Å². The first-order valence-corrected chi connectivity index (χ1v) is 6.99. The molecule has 0 aliphatic carbocycles. The van der Waals surface area contributed by atoms with Crippen LogP contribution in [0, 0.1) is 6.92 Å². The minimum atomic E-state index is 0.273. The number of benzene rings is 1. The van der Waals surface area contributed by atoms with Crippen LogP contribution in [0.25, 0.3) is 0 Å². The molecule has 92 valence electrons. The second-order valence-corrected chi connectivity index (χ2v) is 5.60. The molecule has 0 bridgehead atoms. The average Bonchev–Trinajstić information content (AvgIpc) is 2.34. The molecule has 1 fully saturated rings. The third-order valence-electron chi connectivity index (χ3n) is 3.36. The van der Waals surface area contributed by atoms with E-state index in [4.69, 9.17) is 0 Å². The Balaban J connectivity index is 2.02. The number of hydrogen-bond donors (Lipinski definition) is 0. The minimum Gasteiger partial charge on any atom is -0.342 e. The lowest BCUT2D eigenvalue weighted by molar-refractivity contribution is -0.131. The Morgan fingerprint density at radius 1 is 1.29 bits per heavy atom. The number of piperidine rings is 1. The van der Waals surface area contributed by atoms with Gasteiger partial charge in [0.15, 0.2) is 0 Å². The summed E-state index contributed by atoms with van der Waals surface area (Å²) in [6, 6.07) is 6.12. The highest BCUT2D eigenvalue weighted by Crippen LogP contribution is 2.18. The number of aryl methyl sites for hydroxylation is 1. The van der Waals surface area contributed by atoms with Gasteiger partial charge in [0.2, 0.25) is 5.91 Å². The molecule has 1 aliphatic heterocycles. The van der Waals surface area contributed by atoms with E-state index in [1.54, 1.807) is 0 Å². The Morgan fingerprint density at radius 2 is 2.00 bits per heavy atom. The molecule has 0 radical (unpaired) electrons. The number of likely N-dealkylation sites (tertiary alicyclic amines) is 1. The van der Waals surface area contributed by atoms with Gasteiger partial charge in [-0.2, -0.15) is 0 Å². The maximum Gasteiger partial charge on any atom is 0.226 e. The summed E-state index contributed by atoms with van der Waals surface area (Å²) in [6.07, 6.45) is 4.12. The predicted octanol–water partition coefficient (Wildman–Crippen LogP) is 3.31. The van der Waals surface area contributed by atoms with E-state index in [-0.39, 0.29) is 5.91 Å². The number of carbonyl (C=O) groups excluding carboxylic acids is 1. The number of nitrogens with zero attached hydrogens (tertiary/aromatic N) is 1. The van der Waals surface area contributed by atoms with Crippen molar-refractivity contribution in [1.82, 2.24) is 4.90 Å². The maximum absolute atomic E-state index is 12.1. The van der Waals surface area contributed by atoms with Crippen molar-refractivity contribution in [2.75, 3.05) is 13.1 Å². The molecule has 1 saturated heterocycles. The number of carbonyl (C=O) groups is 1. The van der Waals surface area contributed by atoms with Crippen LogP contribution in [0.1, 0.15) is 30.4 Å². The van der Waals surface area contributed by atoms with Gasteiger partial charge in [-0.3, -0.25) is 4.79 Å². The van der Waals surface area contributed by atoms with Gasteiger partial charge in [-0.1, -0.05) is 22.0 Å². The van der Waals surface area contributed by atoms with Crippen molar-refractivity contribution in [1.29, 1.82) is 0 Å². The zero-order valence-electron chi connectivity index (χ0n) is 10.2. The molecule has 0 atom stereocenters. The summed E-state index contributed by atoms with van der Waals surface area (Å²) in [5.74, 6) is 0.273. The van der Waals surface area contributed by atoms with E-state index in [1.165, 1.54) is 12.0 Å². The molecule has 2 nitrogen and oxygen atoms in total. The van der Waals surface area contributed by atoms with Gasteiger partial charge in [0.25, 0.3) is 0 Å². The predicted molar refractivity (Wildman–Crippen MR) is 73.0 cm³/mol. The highest BCUT2D eigenvalue weighted by Gasteiger charge is 2.17. The van der Waals surface area contributed by atoms with Crippen molar-refractivity contribution in [3.63, 3.8) is 0 Å². The van der Waals surface area contributed by atoms with Crippen LogP contribution < -0.4 is 0 Å². The number of halogens is 1. The fourth-order valence-electron chi connectivity index (χ4n) is 2.28. The zero-order chi connectivity index (χ0) is 12.3. The molecule has 1 aliphatic rings. The van der Waals surface area contributed by atoms with Crippen LogP contribution in [0.2, 0.25) is 0 Å². The molecule has 1 heterocycles. The molecular weight excluding hydrogens is 278 g/mol. The van der Waals surface area contributed by atoms with E-state index in [0.29, 0.717) is 6.42 Å². The number of amides is 1. The van der Waals surface area contributed by atoms with E-state index in [1.807, 2.05) is 17.0 Å². The van der Waals surface area contributed by atoms with Gasteiger partial charge in [0.1, 0.15) is 0 Å².